The minimum absolute atomic E-state index is 0.105. The van der Waals surface area contributed by atoms with Crippen LogP contribution < -0.4 is 4.90 Å². The SMILES string of the molecule is CCC1CN(c2ccc(-c3ccc(C(=O)N(C)C)c(Cl)c3)cc2)CCN1C(=O)OC(C)(C)C. The molecule has 1 aliphatic heterocycles. The number of amides is 2. The number of carbonyl (C=O) groups is 2. The van der Waals surface area contributed by atoms with Crippen LogP contribution in [0.5, 0.6) is 0 Å². The maximum Gasteiger partial charge on any atom is 0.410 e. The lowest BCUT2D eigenvalue weighted by molar-refractivity contribution is 0.0136. The molecule has 2 aromatic rings. The Morgan fingerprint density at radius 2 is 1.70 bits per heavy atom. The third-order valence-electron chi connectivity index (χ3n) is 5.75. The van der Waals surface area contributed by atoms with E-state index in [1.807, 2.05) is 37.8 Å². The molecule has 0 bridgehead atoms. The second-order valence-corrected chi connectivity index (χ2v) is 10.0. The van der Waals surface area contributed by atoms with Gasteiger partial charge in [0, 0.05) is 39.4 Å². The standard InChI is InChI=1S/C26H34ClN3O3/c1-7-20-17-29(14-15-30(20)25(32)33-26(2,3)4)21-11-8-18(9-12-21)19-10-13-22(23(27)16-19)24(31)28(5)6/h8-13,16,20H,7,14-15,17H2,1-6H3. The lowest BCUT2D eigenvalue weighted by Gasteiger charge is -2.42. The molecule has 7 heteroatoms. The Morgan fingerprint density at radius 3 is 2.24 bits per heavy atom. The predicted octanol–water partition coefficient (Wildman–Crippen LogP) is 5.54. The van der Waals surface area contributed by atoms with Crippen molar-refractivity contribution >= 4 is 29.3 Å². The van der Waals surface area contributed by atoms with Crippen LogP contribution in [0.1, 0.15) is 44.5 Å². The number of anilines is 1. The lowest BCUT2D eigenvalue weighted by atomic mass is 10.0. The number of carbonyl (C=O) groups excluding carboxylic acids is 2. The number of ether oxygens (including phenoxy) is 1. The van der Waals surface area contributed by atoms with E-state index in [1.54, 1.807) is 20.2 Å². The van der Waals surface area contributed by atoms with Gasteiger partial charge in [-0.25, -0.2) is 4.79 Å². The predicted molar refractivity (Wildman–Crippen MR) is 134 cm³/mol. The summed E-state index contributed by atoms with van der Waals surface area (Å²) in [5.41, 5.74) is 3.11. The third kappa shape index (κ3) is 5.99. The second-order valence-electron chi connectivity index (χ2n) is 9.62. The van der Waals surface area contributed by atoms with Crippen molar-refractivity contribution in [1.82, 2.24) is 9.80 Å². The molecule has 1 aliphatic rings. The highest BCUT2D eigenvalue weighted by Crippen LogP contribution is 2.29. The van der Waals surface area contributed by atoms with Crippen LogP contribution in [0.4, 0.5) is 10.5 Å². The van der Waals surface area contributed by atoms with Crippen molar-refractivity contribution in [2.45, 2.75) is 45.8 Å². The van der Waals surface area contributed by atoms with Crippen LogP contribution in [-0.2, 0) is 4.74 Å². The van der Waals surface area contributed by atoms with Gasteiger partial charge in [-0.3, -0.25) is 4.79 Å². The molecule has 0 radical (unpaired) electrons. The Hall–Kier alpha value is -2.73. The first-order valence-corrected chi connectivity index (χ1v) is 11.7. The molecule has 6 nitrogen and oxygen atoms in total. The van der Waals surface area contributed by atoms with Gasteiger partial charge in [0.15, 0.2) is 0 Å². The number of hydrogen-bond acceptors (Lipinski definition) is 4. The lowest BCUT2D eigenvalue weighted by Crippen LogP contribution is -2.56. The van der Waals surface area contributed by atoms with E-state index in [1.165, 1.54) is 4.90 Å². The highest BCUT2D eigenvalue weighted by Gasteiger charge is 2.32. The minimum atomic E-state index is -0.497. The molecule has 1 atom stereocenters. The van der Waals surface area contributed by atoms with E-state index >= 15 is 0 Å². The summed E-state index contributed by atoms with van der Waals surface area (Å²) >= 11 is 6.38. The van der Waals surface area contributed by atoms with Gasteiger partial charge >= 0.3 is 6.09 Å². The molecule has 3 rings (SSSR count). The summed E-state index contributed by atoms with van der Waals surface area (Å²) < 4.78 is 5.59. The quantitative estimate of drug-likeness (QED) is 0.587. The normalized spacial score (nSPS) is 16.5. The van der Waals surface area contributed by atoms with Crippen LogP contribution in [0.3, 0.4) is 0 Å². The highest BCUT2D eigenvalue weighted by molar-refractivity contribution is 6.34. The van der Waals surface area contributed by atoms with E-state index < -0.39 is 5.60 Å². The van der Waals surface area contributed by atoms with Gasteiger partial charge in [-0.05, 0) is 62.6 Å². The average molecular weight is 472 g/mol. The summed E-state index contributed by atoms with van der Waals surface area (Å²) in [5, 5.41) is 0.444. The number of benzene rings is 2. The fourth-order valence-electron chi connectivity index (χ4n) is 3.97. The molecule has 33 heavy (non-hydrogen) atoms. The van der Waals surface area contributed by atoms with Crippen molar-refractivity contribution in [3.8, 4) is 11.1 Å². The van der Waals surface area contributed by atoms with Gasteiger partial charge in [0.25, 0.3) is 5.91 Å². The van der Waals surface area contributed by atoms with Gasteiger partial charge in [-0.1, -0.05) is 36.7 Å². The van der Waals surface area contributed by atoms with Gasteiger partial charge in [0.1, 0.15) is 5.60 Å². The van der Waals surface area contributed by atoms with Gasteiger partial charge in [0.2, 0.25) is 0 Å². The summed E-state index contributed by atoms with van der Waals surface area (Å²) in [6, 6.07) is 14.0. The van der Waals surface area contributed by atoms with Crippen LogP contribution in [0.2, 0.25) is 5.02 Å². The summed E-state index contributed by atoms with van der Waals surface area (Å²) in [6.45, 7) is 9.93. The molecule has 2 aromatic carbocycles. The molecule has 0 aromatic heterocycles. The summed E-state index contributed by atoms with van der Waals surface area (Å²) in [7, 11) is 3.42. The first kappa shape index (κ1) is 24.9. The zero-order valence-corrected chi connectivity index (χ0v) is 21.1. The molecule has 2 amide bonds. The zero-order valence-electron chi connectivity index (χ0n) is 20.4. The van der Waals surface area contributed by atoms with Crippen LogP contribution in [-0.4, -0.2) is 67.2 Å². The fraction of sp³-hybridized carbons (Fsp3) is 0.462. The molecule has 1 heterocycles. The molecule has 1 saturated heterocycles. The summed E-state index contributed by atoms with van der Waals surface area (Å²) in [5.74, 6) is -0.113. The number of nitrogens with zero attached hydrogens (tertiary/aromatic N) is 3. The Labute approximate surface area is 202 Å². The maximum atomic E-state index is 12.6. The molecule has 0 N–H and O–H groups in total. The van der Waals surface area contributed by atoms with Gasteiger partial charge < -0.3 is 19.4 Å². The molecule has 0 spiro atoms. The van der Waals surface area contributed by atoms with Crippen molar-refractivity contribution in [2.75, 3.05) is 38.6 Å². The number of hydrogen-bond donors (Lipinski definition) is 0. The molecular weight excluding hydrogens is 438 g/mol. The van der Waals surface area contributed by atoms with E-state index in [-0.39, 0.29) is 18.0 Å². The van der Waals surface area contributed by atoms with E-state index in [0.29, 0.717) is 17.1 Å². The van der Waals surface area contributed by atoms with Gasteiger partial charge in [-0.15, -0.1) is 0 Å². The number of piperazine rings is 1. The fourth-order valence-corrected chi connectivity index (χ4v) is 4.24. The molecule has 0 aliphatic carbocycles. The summed E-state index contributed by atoms with van der Waals surface area (Å²) in [6.07, 6.45) is 0.627. The molecule has 0 saturated carbocycles. The topological polar surface area (TPSA) is 53.1 Å². The number of rotatable bonds is 4. The number of halogens is 1. The Bertz CT molecular complexity index is 999. The summed E-state index contributed by atoms with van der Waals surface area (Å²) in [4.78, 5) is 30.5. The van der Waals surface area contributed by atoms with Crippen molar-refractivity contribution in [3.05, 3.63) is 53.1 Å². The van der Waals surface area contributed by atoms with Crippen molar-refractivity contribution in [3.63, 3.8) is 0 Å². The molecular formula is C26H34ClN3O3. The van der Waals surface area contributed by atoms with E-state index in [0.717, 1.165) is 36.3 Å². The van der Waals surface area contributed by atoms with E-state index in [9.17, 15) is 9.59 Å². The minimum Gasteiger partial charge on any atom is -0.444 e. The molecule has 1 unspecified atom stereocenters. The zero-order chi connectivity index (χ0) is 24.3. The Kier molecular flexibility index (Phi) is 7.58. The van der Waals surface area contributed by atoms with Crippen molar-refractivity contribution < 1.29 is 14.3 Å². The smallest absolute Gasteiger partial charge is 0.410 e. The largest absolute Gasteiger partial charge is 0.444 e. The van der Waals surface area contributed by atoms with E-state index in [2.05, 4.69) is 36.1 Å². The maximum absolute atomic E-state index is 12.6. The van der Waals surface area contributed by atoms with Crippen LogP contribution >= 0.6 is 11.6 Å². The van der Waals surface area contributed by atoms with Crippen LogP contribution in [0, 0.1) is 0 Å². The first-order chi connectivity index (χ1) is 15.5. The molecule has 1 fully saturated rings. The second kappa shape index (κ2) is 10.0. The van der Waals surface area contributed by atoms with Gasteiger partial charge in [-0.2, -0.15) is 0 Å². The third-order valence-corrected chi connectivity index (χ3v) is 6.07. The van der Waals surface area contributed by atoms with Crippen molar-refractivity contribution in [2.24, 2.45) is 0 Å². The van der Waals surface area contributed by atoms with E-state index in [4.69, 9.17) is 16.3 Å². The highest BCUT2D eigenvalue weighted by atomic mass is 35.5. The van der Waals surface area contributed by atoms with Gasteiger partial charge in [0.05, 0.1) is 16.6 Å². The van der Waals surface area contributed by atoms with Crippen LogP contribution in [0.15, 0.2) is 42.5 Å². The Balaban J connectivity index is 1.71. The van der Waals surface area contributed by atoms with Crippen LogP contribution in [0.25, 0.3) is 11.1 Å². The first-order valence-electron chi connectivity index (χ1n) is 11.4. The average Bonchev–Trinajstić information content (AvgIpc) is 2.77. The Morgan fingerprint density at radius 1 is 1.06 bits per heavy atom. The monoisotopic (exact) mass is 471 g/mol. The molecule has 178 valence electrons. The van der Waals surface area contributed by atoms with Crippen molar-refractivity contribution in [1.29, 1.82) is 0 Å².